The quantitative estimate of drug-likeness (QED) is 0.533. The van der Waals surface area contributed by atoms with Gasteiger partial charge in [-0.25, -0.2) is 4.79 Å². The van der Waals surface area contributed by atoms with Crippen molar-refractivity contribution in [1.29, 1.82) is 0 Å². The molecule has 9 heteroatoms. The smallest absolute Gasteiger partial charge is 0.342 e. The number of amides is 2. The molecule has 1 saturated carbocycles. The molecule has 2 N–H and O–H groups in total. The first kappa shape index (κ1) is 24.4. The van der Waals surface area contributed by atoms with Crippen molar-refractivity contribution >= 4 is 35.1 Å². The summed E-state index contributed by atoms with van der Waals surface area (Å²) in [4.78, 5) is 36.8. The van der Waals surface area contributed by atoms with E-state index in [-0.39, 0.29) is 36.5 Å². The number of esters is 1. The van der Waals surface area contributed by atoms with Crippen LogP contribution in [0.4, 0.5) is 5.69 Å². The molecule has 33 heavy (non-hydrogen) atoms. The van der Waals surface area contributed by atoms with E-state index >= 15 is 0 Å². The van der Waals surface area contributed by atoms with Crippen LogP contribution in [0, 0.1) is 0 Å². The highest BCUT2D eigenvalue weighted by Gasteiger charge is 2.19. The molecule has 1 aliphatic rings. The van der Waals surface area contributed by atoms with Crippen molar-refractivity contribution < 1.29 is 28.6 Å². The maximum absolute atomic E-state index is 12.5. The SMILES string of the molecule is COc1ccc(NC(=O)COc2ccccc2C(=O)OCC(=O)NC2CCCCC2)cc1Cl. The molecule has 2 aromatic rings. The van der Waals surface area contributed by atoms with Crippen molar-refractivity contribution in [3.8, 4) is 11.5 Å². The number of hydrogen-bond donors (Lipinski definition) is 2. The van der Waals surface area contributed by atoms with Crippen LogP contribution in [0.5, 0.6) is 11.5 Å². The highest BCUT2D eigenvalue weighted by molar-refractivity contribution is 6.32. The van der Waals surface area contributed by atoms with E-state index in [1.807, 2.05) is 0 Å². The van der Waals surface area contributed by atoms with Crippen molar-refractivity contribution in [2.75, 3.05) is 25.6 Å². The Labute approximate surface area is 197 Å². The van der Waals surface area contributed by atoms with E-state index in [1.165, 1.54) is 19.6 Å². The van der Waals surface area contributed by atoms with Crippen LogP contribution in [0.3, 0.4) is 0 Å². The maximum Gasteiger partial charge on any atom is 0.342 e. The lowest BCUT2D eigenvalue weighted by molar-refractivity contribution is -0.125. The number of para-hydroxylation sites is 1. The fourth-order valence-corrected chi connectivity index (χ4v) is 3.83. The van der Waals surface area contributed by atoms with E-state index in [0.717, 1.165) is 25.7 Å². The summed E-state index contributed by atoms with van der Waals surface area (Å²) in [5.74, 6) is -0.798. The number of methoxy groups -OCH3 is 1. The van der Waals surface area contributed by atoms with Gasteiger partial charge in [-0.15, -0.1) is 0 Å². The molecule has 2 aromatic carbocycles. The van der Waals surface area contributed by atoms with Crippen LogP contribution in [-0.4, -0.2) is 44.1 Å². The molecular weight excluding hydrogens is 448 g/mol. The van der Waals surface area contributed by atoms with Crippen molar-refractivity contribution in [2.45, 2.75) is 38.1 Å². The summed E-state index contributed by atoms with van der Waals surface area (Å²) in [6.07, 6.45) is 5.26. The van der Waals surface area contributed by atoms with Crippen molar-refractivity contribution in [1.82, 2.24) is 5.32 Å². The van der Waals surface area contributed by atoms with Gasteiger partial charge in [0.15, 0.2) is 13.2 Å². The first-order valence-electron chi connectivity index (χ1n) is 10.8. The third-order valence-corrected chi connectivity index (χ3v) is 5.50. The minimum absolute atomic E-state index is 0.128. The normalized spacial score (nSPS) is 13.6. The summed E-state index contributed by atoms with van der Waals surface area (Å²) in [5, 5.41) is 5.91. The molecule has 0 saturated heterocycles. The number of rotatable bonds is 9. The second-order valence-electron chi connectivity index (χ2n) is 7.66. The Kier molecular flexibility index (Phi) is 8.95. The summed E-state index contributed by atoms with van der Waals surface area (Å²) in [5.41, 5.74) is 0.606. The van der Waals surface area contributed by atoms with E-state index in [0.29, 0.717) is 16.5 Å². The van der Waals surface area contributed by atoms with Crippen molar-refractivity contribution in [3.05, 3.63) is 53.1 Å². The highest BCUT2D eigenvalue weighted by Crippen LogP contribution is 2.27. The molecule has 1 fully saturated rings. The molecule has 8 nitrogen and oxygen atoms in total. The van der Waals surface area contributed by atoms with Gasteiger partial charge in [-0.1, -0.05) is 43.0 Å². The topological polar surface area (TPSA) is 103 Å². The van der Waals surface area contributed by atoms with Gasteiger partial charge in [-0.3, -0.25) is 9.59 Å². The van der Waals surface area contributed by atoms with E-state index < -0.39 is 11.9 Å². The molecule has 0 bridgehead atoms. The van der Waals surface area contributed by atoms with Crippen LogP contribution in [-0.2, 0) is 14.3 Å². The van der Waals surface area contributed by atoms with Gasteiger partial charge in [0.1, 0.15) is 17.1 Å². The molecule has 0 unspecified atom stereocenters. The first-order valence-corrected chi connectivity index (χ1v) is 11.2. The summed E-state index contributed by atoms with van der Waals surface area (Å²) < 4.78 is 15.8. The predicted octanol–water partition coefficient (Wildman–Crippen LogP) is 3.97. The van der Waals surface area contributed by atoms with Crippen molar-refractivity contribution in [3.63, 3.8) is 0 Å². The van der Waals surface area contributed by atoms with E-state index in [1.54, 1.807) is 36.4 Å². The Morgan fingerprint density at radius 3 is 2.45 bits per heavy atom. The van der Waals surface area contributed by atoms with Gasteiger partial charge in [0.05, 0.1) is 12.1 Å². The summed E-state index contributed by atoms with van der Waals surface area (Å²) in [6, 6.07) is 11.4. The second kappa shape index (κ2) is 12.1. The zero-order valence-electron chi connectivity index (χ0n) is 18.4. The molecule has 0 atom stereocenters. The summed E-state index contributed by atoms with van der Waals surface area (Å²) in [6.45, 7) is -0.710. The van der Waals surface area contributed by atoms with Gasteiger partial charge in [0, 0.05) is 11.7 Å². The monoisotopic (exact) mass is 474 g/mol. The molecule has 0 heterocycles. The fourth-order valence-electron chi connectivity index (χ4n) is 3.57. The minimum atomic E-state index is -0.702. The van der Waals surface area contributed by atoms with E-state index in [9.17, 15) is 14.4 Å². The average molecular weight is 475 g/mol. The lowest BCUT2D eigenvalue weighted by Gasteiger charge is -2.22. The highest BCUT2D eigenvalue weighted by atomic mass is 35.5. The minimum Gasteiger partial charge on any atom is -0.495 e. The predicted molar refractivity (Wildman–Crippen MR) is 124 cm³/mol. The summed E-state index contributed by atoms with van der Waals surface area (Å²) in [7, 11) is 1.50. The first-order chi connectivity index (χ1) is 16.0. The Bertz CT molecular complexity index is 991. The Balaban J connectivity index is 1.50. The number of halogens is 1. The molecule has 0 spiro atoms. The standard InChI is InChI=1S/C24H27ClN2O6/c1-31-21-12-11-17(13-19(21)25)27-22(28)14-32-20-10-6-5-9-18(20)24(30)33-15-23(29)26-16-7-3-2-4-8-16/h5-6,9-13,16H,2-4,7-8,14-15H2,1H3,(H,26,29)(H,27,28). The molecule has 176 valence electrons. The van der Waals surface area contributed by atoms with Crippen LogP contribution < -0.4 is 20.1 Å². The van der Waals surface area contributed by atoms with Gasteiger partial charge in [0.2, 0.25) is 0 Å². The van der Waals surface area contributed by atoms with Gasteiger partial charge in [-0.2, -0.15) is 0 Å². The van der Waals surface area contributed by atoms with Gasteiger partial charge in [0.25, 0.3) is 11.8 Å². The molecule has 0 aromatic heterocycles. The molecule has 0 radical (unpaired) electrons. The maximum atomic E-state index is 12.5. The fraction of sp³-hybridized carbons (Fsp3) is 0.375. The lowest BCUT2D eigenvalue weighted by atomic mass is 9.95. The third kappa shape index (κ3) is 7.39. The number of anilines is 1. The number of ether oxygens (including phenoxy) is 3. The van der Waals surface area contributed by atoms with Gasteiger partial charge < -0.3 is 24.8 Å². The van der Waals surface area contributed by atoms with Crippen LogP contribution in [0.2, 0.25) is 5.02 Å². The number of hydrogen-bond acceptors (Lipinski definition) is 6. The number of carbonyl (C=O) groups is 3. The molecular formula is C24H27ClN2O6. The Hall–Kier alpha value is -3.26. The van der Waals surface area contributed by atoms with E-state index in [4.69, 9.17) is 25.8 Å². The molecule has 2 amide bonds. The van der Waals surface area contributed by atoms with Crippen LogP contribution in [0.25, 0.3) is 0 Å². The molecule has 1 aliphatic carbocycles. The Morgan fingerprint density at radius 1 is 0.970 bits per heavy atom. The zero-order chi connectivity index (χ0) is 23.6. The van der Waals surface area contributed by atoms with Crippen molar-refractivity contribution in [2.24, 2.45) is 0 Å². The van der Waals surface area contributed by atoms with Crippen LogP contribution in [0.1, 0.15) is 42.5 Å². The van der Waals surface area contributed by atoms with Gasteiger partial charge >= 0.3 is 5.97 Å². The van der Waals surface area contributed by atoms with Crippen LogP contribution >= 0.6 is 11.6 Å². The third-order valence-electron chi connectivity index (χ3n) is 5.21. The second-order valence-corrected chi connectivity index (χ2v) is 8.07. The molecule has 3 rings (SSSR count). The lowest BCUT2D eigenvalue weighted by Crippen LogP contribution is -2.38. The van der Waals surface area contributed by atoms with E-state index in [2.05, 4.69) is 10.6 Å². The largest absolute Gasteiger partial charge is 0.495 e. The zero-order valence-corrected chi connectivity index (χ0v) is 19.2. The number of carbonyl (C=O) groups excluding carboxylic acids is 3. The molecule has 0 aliphatic heterocycles. The number of benzene rings is 2. The van der Waals surface area contributed by atoms with Gasteiger partial charge in [-0.05, 0) is 43.2 Å². The average Bonchev–Trinajstić information content (AvgIpc) is 2.82. The Morgan fingerprint density at radius 2 is 1.73 bits per heavy atom. The summed E-state index contributed by atoms with van der Waals surface area (Å²) >= 11 is 6.06. The van der Waals surface area contributed by atoms with Crippen LogP contribution in [0.15, 0.2) is 42.5 Å². The number of nitrogens with one attached hydrogen (secondary N) is 2.